The normalized spacial score (nSPS) is 11.9. The molecule has 1 atom stereocenters. The fourth-order valence-electron chi connectivity index (χ4n) is 0.839. The van der Waals surface area contributed by atoms with Gasteiger partial charge >= 0.3 is 5.97 Å². The number of hydrogen-bond donors (Lipinski definition) is 2. The largest absolute Gasteiger partial charge is 0.480 e. The fourth-order valence-corrected chi connectivity index (χ4v) is 1.52. The summed E-state index contributed by atoms with van der Waals surface area (Å²) in [7, 11) is 0. The lowest BCUT2D eigenvalue weighted by molar-refractivity contribution is -0.139. The summed E-state index contributed by atoms with van der Waals surface area (Å²) in [6.07, 6.45) is 6.53. The van der Waals surface area contributed by atoms with E-state index < -0.39 is 12.0 Å². The maximum atomic E-state index is 10.8. The molecule has 0 fully saturated rings. The summed E-state index contributed by atoms with van der Waals surface area (Å²) in [6, 6.07) is -0.747. The van der Waals surface area contributed by atoms with Crippen LogP contribution in [0, 0.1) is 12.3 Å². The molecule has 0 amide bonds. The molecule has 0 aliphatic heterocycles. The number of nitrogens with zero attached hydrogens (tertiary/aromatic N) is 1. The lowest BCUT2D eigenvalue weighted by Crippen LogP contribution is -2.27. The van der Waals surface area contributed by atoms with Crippen molar-refractivity contribution in [1.82, 2.24) is 10.3 Å². The number of carbonyl (C=O) groups is 1. The highest BCUT2D eigenvalue weighted by Crippen LogP contribution is 2.16. The average Bonchev–Trinajstić information content (AvgIpc) is 2.57. The highest BCUT2D eigenvalue weighted by molar-refractivity contribution is 7.09. The Kier molecular flexibility index (Phi) is 3.43. The van der Waals surface area contributed by atoms with Crippen molar-refractivity contribution in [2.24, 2.45) is 0 Å². The number of carboxylic acids is 1. The van der Waals surface area contributed by atoms with Crippen molar-refractivity contribution < 1.29 is 9.90 Å². The quantitative estimate of drug-likeness (QED) is 0.688. The Hall–Kier alpha value is -1.38. The third-order valence-electron chi connectivity index (χ3n) is 1.39. The van der Waals surface area contributed by atoms with Crippen molar-refractivity contribution in [3.05, 3.63) is 16.6 Å². The summed E-state index contributed by atoms with van der Waals surface area (Å²) in [5.41, 5.74) is 1.59. The average molecular weight is 196 g/mol. The molecule has 0 radical (unpaired) electrons. The molecule has 0 saturated heterocycles. The van der Waals surface area contributed by atoms with Crippen LogP contribution in [0.2, 0.25) is 0 Å². The first-order chi connectivity index (χ1) is 6.25. The molecule has 0 bridgehead atoms. The number of aromatic nitrogens is 1. The minimum Gasteiger partial charge on any atom is -0.480 e. The van der Waals surface area contributed by atoms with Crippen molar-refractivity contribution >= 4 is 17.3 Å². The molecule has 68 valence electrons. The second kappa shape index (κ2) is 4.60. The third-order valence-corrected chi connectivity index (χ3v) is 2.23. The minimum atomic E-state index is -0.945. The van der Waals surface area contributed by atoms with Gasteiger partial charge in [0.05, 0.1) is 16.9 Å². The van der Waals surface area contributed by atoms with E-state index >= 15 is 0 Å². The fraction of sp³-hybridized carbons (Fsp3) is 0.250. The van der Waals surface area contributed by atoms with E-state index in [2.05, 4.69) is 16.2 Å². The van der Waals surface area contributed by atoms with Crippen LogP contribution in [0.4, 0.5) is 0 Å². The van der Waals surface area contributed by atoms with E-state index in [0.717, 1.165) is 0 Å². The van der Waals surface area contributed by atoms with Gasteiger partial charge in [-0.1, -0.05) is 5.92 Å². The molecular formula is C8H8N2O2S. The molecule has 5 heteroatoms. The zero-order valence-corrected chi connectivity index (χ0v) is 7.54. The van der Waals surface area contributed by atoms with Crippen LogP contribution in [-0.4, -0.2) is 22.6 Å². The van der Waals surface area contributed by atoms with Crippen molar-refractivity contribution in [2.75, 3.05) is 6.54 Å². The van der Waals surface area contributed by atoms with Gasteiger partial charge in [-0.15, -0.1) is 17.8 Å². The maximum Gasteiger partial charge on any atom is 0.326 e. The molecule has 4 nitrogen and oxygen atoms in total. The molecule has 0 saturated carbocycles. The van der Waals surface area contributed by atoms with Gasteiger partial charge in [0, 0.05) is 6.20 Å². The molecule has 1 aromatic rings. The summed E-state index contributed by atoms with van der Waals surface area (Å²) in [4.78, 5) is 15.2. The van der Waals surface area contributed by atoms with Crippen molar-refractivity contribution in [3.63, 3.8) is 0 Å². The highest BCUT2D eigenvalue weighted by atomic mass is 32.1. The number of terminal acetylenes is 1. The van der Waals surface area contributed by atoms with E-state index in [1.54, 1.807) is 5.51 Å². The number of rotatable bonds is 4. The summed E-state index contributed by atoms with van der Waals surface area (Å²) in [5, 5.41) is 11.5. The number of carboxylic acid groups (broad SMARTS) is 1. The third kappa shape index (κ3) is 2.54. The van der Waals surface area contributed by atoms with Gasteiger partial charge in [0.15, 0.2) is 0 Å². The lowest BCUT2D eigenvalue weighted by Gasteiger charge is -2.08. The van der Waals surface area contributed by atoms with Crippen LogP contribution < -0.4 is 5.32 Å². The van der Waals surface area contributed by atoms with Gasteiger partial charge in [-0.2, -0.15) is 0 Å². The van der Waals surface area contributed by atoms with Crippen LogP contribution in [-0.2, 0) is 4.79 Å². The summed E-state index contributed by atoms with van der Waals surface area (Å²) in [5.74, 6) is 1.38. The molecule has 1 unspecified atom stereocenters. The van der Waals surface area contributed by atoms with Crippen LogP contribution in [0.15, 0.2) is 11.7 Å². The van der Waals surface area contributed by atoms with E-state index in [-0.39, 0.29) is 6.54 Å². The first-order valence-corrected chi connectivity index (χ1v) is 4.41. The molecule has 0 spiro atoms. The number of aliphatic carboxylic acids is 1. The molecule has 0 aliphatic rings. The van der Waals surface area contributed by atoms with E-state index in [0.29, 0.717) is 4.88 Å². The monoisotopic (exact) mass is 196 g/mol. The zero-order valence-electron chi connectivity index (χ0n) is 6.73. The van der Waals surface area contributed by atoms with Crippen LogP contribution >= 0.6 is 11.3 Å². The van der Waals surface area contributed by atoms with Gasteiger partial charge in [-0.25, -0.2) is 0 Å². The Morgan fingerprint density at radius 2 is 2.69 bits per heavy atom. The Labute approximate surface area is 79.6 Å². The molecule has 0 aliphatic carbocycles. The SMILES string of the molecule is C#CCNC(C(=O)O)c1cncs1. The number of hydrogen-bond acceptors (Lipinski definition) is 4. The first-order valence-electron chi connectivity index (χ1n) is 3.53. The Bertz CT molecular complexity index is 315. The van der Waals surface area contributed by atoms with Crippen molar-refractivity contribution in [1.29, 1.82) is 0 Å². The number of nitrogens with one attached hydrogen (secondary N) is 1. The smallest absolute Gasteiger partial charge is 0.326 e. The van der Waals surface area contributed by atoms with Crippen molar-refractivity contribution in [2.45, 2.75) is 6.04 Å². The molecular weight excluding hydrogens is 188 g/mol. The van der Waals surface area contributed by atoms with Gasteiger partial charge < -0.3 is 5.11 Å². The Morgan fingerprint density at radius 1 is 1.92 bits per heavy atom. The molecule has 1 heterocycles. The standard InChI is InChI=1S/C8H8N2O2S/c1-2-3-10-7(8(11)12)6-4-9-5-13-6/h1,4-5,7,10H,3H2,(H,11,12). The molecule has 2 N–H and O–H groups in total. The lowest BCUT2D eigenvalue weighted by atomic mass is 10.2. The van der Waals surface area contributed by atoms with Gasteiger partial charge in [0.25, 0.3) is 0 Å². The van der Waals surface area contributed by atoms with Crippen LogP contribution in [0.25, 0.3) is 0 Å². The van der Waals surface area contributed by atoms with Gasteiger partial charge in [0.2, 0.25) is 0 Å². The van der Waals surface area contributed by atoms with E-state index in [9.17, 15) is 4.79 Å². The van der Waals surface area contributed by atoms with Crippen LogP contribution in [0.1, 0.15) is 10.9 Å². The highest BCUT2D eigenvalue weighted by Gasteiger charge is 2.19. The second-order valence-corrected chi connectivity index (χ2v) is 3.18. The first kappa shape index (κ1) is 9.71. The maximum absolute atomic E-state index is 10.8. The zero-order chi connectivity index (χ0) is 9.68. The van der Waals surface area contributed by atoms with Gasteiger partial charge in [0.1, 0.15) is 6.04 Å². The van der Waals surface area contributed by atoms with E-state index in [1.165, 1.54) is 17.5 Å². The molecule has 0 aromatic carbocycles. The van der Waals surface area contributed by atoms with E-state index in [4.69, 9.17) is 11.5 Å². The predicted octanol–water partition coefficient (Wildman–Crippen LogP) is 0.492. The number of thiazole rings is 1. The molecule has 1 aromatic heterocycles. The summed E-state index contributed by atoms with van der Waals surface area (Å²) < 4.78 is 0. The minimum absolute atomic E-state index is 0.231. The van der Waals surface area contributed by atoms with Crippen LogP contribution in [0.5, 0.6) is 0 Å². The predicted molar refractivity (Wildman–Crippen MR) is 49.3 cm³/mol. The Morgan fingerprint density at radius 3 is 3.15 bits per heavy atom. The Balaban J connectivity index is 2.70. The van der Waals surface area contributed by atoms with Gasteiger partial charge in [-0.05, 0) is 0 Å². The van der Waals surface area contributed by atoms with Crippen LogP contribution in [0.3, 0.4) is 0 Å². The van der Waals surface area contributed by atoms with E-state index in [1.807, 2.05) is 0 Å². The topological polar surface area (TPSA) is 62.2 Å². The molecule has 13 heavy (non-hydrogen) atoms. The van der Waals surface area contributed by atoms with Crippen molar-refractivity contribution in [3.8, 4) is 12.3 Å². The van der Waals surface area contributed by atoms with Gasteiger partial charge in [-0.3, -0.25) is 15.1 Å². The second-order valence-electron chi connectivity index (χ2n) is 2.26. The molecule has 1 rings (SSSR count). The summed E-state index contributed by atoms with van der Waals surface area (Å²) in [6.45, 7) is 0.231. The summed E-state index contributed by atoms with van der Waals surface area (Å²) >= 11 is 1.29.